The van der Waals surface area contributed by atoms with Crippen LogP contribution in [0.2, 0.25) is 19.6 Å². The monoisotopic (exact) mass is 1060 g/mol. The van der Waals surface area contributed by atoms with Crippen LogP contribution in [0.1, 0.15) is 56.2 Å². The highest BCUT2D eigenvalue weighted by atomic mass is 28.3. The van der Waals surface area contributed by atoms with Gasteiger partial charge in [-0.05, 0) is 126 Å². The quantitative estimate of drug-likeness (QED) is 0.120. The van der Waals surface area contributed by atoms with Crippen molar-refractivity contribution in [3.8, 4) is 22.3 Å². The topological polar surface area (TPSA) is 15.3 Å². The molecule has 0 aliphatic heterocycles. The Kier molecular flexibility index (Phi) is 11.1. The Hall–Kier alpha value is -9.16. The van der Waals surface area contributed by atoms with Gasteiger partial charge in [0.25, 0.3) is 0 Å². The summed E-state index contributed by atoms with van der Waals surface area (Å²) in [5.74, 6) is 0.898. The molecule has 392 valence electrons. The molecule has 0 aliphatic carbocycles. The molecule has 0 bridgehead atoms. The van der Waals surface area contributed by atoms with E-state index in [4.69, 9.17) is 0 Å². The van der Waals surface area contributed by atoms with Crippen molar-refractivity contribution >= 4 is 124 Å². The normalized spacial score (nSPS) is 12.4. The third-order valence-electron chi connectivity index (χ3n) is 17.5. The molecule has 4 heterocycles. The first kappa shape index (κ1) is 48.9. The highest BCUT2D eigenvalue weighted by Crippen LogP contribution is 2.55. The number of rotatable bonds is 11. The van der Waals surface area contributed by atoms with E-state index >= 15 is 0 Å². The van der Waals surface area contributed by atoms with Gasteiger partial charge in [-0.25, -0.2) is 0 Å². The molecule has 4 aromatic heterocycles. The fraction of sp³-hybridized carbons (Fsp3) is 0.132. The zero-order valence-electron chi connectivity index (χ0n) is 47.4. The Morgan fingerprint density at radius 2 is 0.691 bits per heavy atom. The lowest BCUT2D eigenvalue weighted by molar-refractivity contribution is 0.866. The third-order valence-corrected chi connectivity index (χ3v) is 19.6. The lowest BCUT2D eigenvalue weighted by Gasteiger charge is -2.27. The molecule has 15 aromatic rings. The standard InChI is InChI=1S/C76H64N4Si/c1-47(2)50-27-33-55(34-28-50)77(54-31-25-49(5)26-32-54)58-39-43-67-65(45-58)61-21-15-23-63-71-70(53-19-13-10-14-20-53)76-72(69(52-17-11-9-12-18-52)75(71)79(67)73(61)63)64-24-16-22-62-66-46-59(40-44-68(66)80(76)74(62)64)78(56-35-29-51(30-36-56)48(3)4)57-37-41-60(42-38-57)81(6,7)8/h9-48H,1-8H3. The van der Waals surface area contributed by atoms with Crippen LogP contribution in [0.3, 0.4) is 0 Å². The Labute approximate surface area is 475 Å². The average molecular weight is 1060 g/mol. The lowest BCUT2D eigenvalue weighted by Crippen LogP contribution is -2.37. The molecule has 0 unspecified atom stereocenters. The third kappa shape index (κ3) is 7.55. The number of benzene rings is 11. The van der Waals surface area contributed by atoms with Crippen LogP contribution in [0.4, 0.5) is 34.1 Å². The van der Waals surface area contributed by atoms with Crippen molar-refractivity contribution in [1.82, 2.24) is 8.80 Å². The van der Waals surface area contributed by atoms with E-state index in [1.165, 1.54) is 120 Å². The average Bonchev–Trinajstić information content (AvgIpc) is 2.42. The van der Waals surface area contributed by atoms with Crippen LogP contribution in [0, 0.1) is 6.92 Å². The molecular formula is C76H64N4Si. The van der Waals surface area contributed by atoms with Gasteiger partial charge >= 0.3 is 0 Å². The number of nitrogens with zero attached hydrogens (tertiary/aromatic N) is 4. The number of anilines is 6. The molecule has 0 saturated carbocycles. The van der Waals surface area contributed by atoms with E-state index in [0.717, 1.165) is 34.1 Å². The van der Waals surface area contributed by atoms with Crippen molar-refractivity contribution < 1.29 is 0 Å². The minimum Gasteiger partial charge on any atom is -0.310 e. The van der Waals surface area contributed by atoms with Gasteiger partial charge in [0.15, 0.2) is 0 Å². The van der Waals surface area contributed by atoms with Crippen molar-refractivity contribution in [2.24, 2.45) is 0 Å². The van der Waals surface area contributed by atoms with Crippen LogP contribution in [0.5, 0.6) is 0 Å². The minimum absolute atomic E-state index is 0.448. The summed E-state index contributed by atoms with van der Waals surface area (Å²) in [7, 11) is -1.52. The molecule has 0 amide bonds. The first-order valence-corrected chi connectivity index (χ1v) is 32.4. The maximum Gasteiger partial charge on any atom is 0.0775 e. The summed E-state index contributed by atoms with van der Waals surface area (Å²) in [5.41, 5.74) is 23.1. The van der Waals surface area contributed by atoms with Crippen molar-refractivity contribution in [3.05, 3.63) is 247 Å². The van der Waals surface area contributed by atoms with Crippen LogP contribution < -0.4 is 15.0 Å². The van der Waals surface area contributed by atoms with Crippen molar-refractivity contribution in [2.75, 3.05) is 9.80 Å². The van der Waals surface area contributed by atoms with Gasteiger partial charge in [-0.3, -0.25) is 0 Å². The summed E-state index contributed by atoms with van der Waals surface area (Å²) >= 11 is 0. The molecule has 5 heteroatoms. The zero-order chi connectivity index (χ0) is 55.0. The molecule has 0 fully saturated rings. The predicted molar refractivity (Wildman–Crippen MR) is 352 cm³/mol. The molecule has 0 spiro atoms. The fourth-order valence-electron chi connectivity index (χ4n) is 13.4. The second-order valence-electron chi connectivity index (χ2n) is 24.2. The van der Waals surface area contributed by atoms with Crippen molar-refractivity contribution in [2.45, 2.75) is 66.1 Å². The van der Waals surface area contributed by atoms with E-state index in [-0.39, 0.29) is 0 Å². The van der Waals surface area contributed by atoms with E-state index in [2.05, 4.69) is 303 Å². The zero-order valence-corrected chi connectivity index (χ0v) is 48.4. The predicted octanol–water partition coefficient (Wildman–Crippen LogP) is 21.4. The highest BCUT2D eigenvalue weighted by Gasteiger charge is 2.31. The minimum atomic E-state index is -1.52. The summed E-state index contributed by atoms with van der Waals surface area (Å²) in [4.78, 5) is 4.87. The maximum atomic E-state index is 2.63. The van der Waals surface area contributed by atoms with Gasteiger partial charge in [-0.1, -0.05) is 204 Å². The highest BCUT2D eigenvalue weighted by molar-refractivity contribution is 6.88. The molecule has 4 nitrogen and oxygen atoms in total. The van der Waals surface area contributed by atoms with E-state index < -0.39 is 8.07 Å². The molecule has 0 aliphatic rings. The van der Waals surface area contributed by atoms with Crippen LogP contribution >= 0.6 is 0 Å². The summed E-state index contributed by atoms with van der Waals surface area (Å²) in [6, 6.07) is 87.5. The second kappa shape index (κ2) is 18.5. The van der Waals surface area contributed by atoms with Crippen molar-refractivity contribution in [1.29, 1.82) is 0 Å². The maximum absolute atomic E-state index is 2.63. The molecular weight excluding hydrogens is 997 g/mol. The van der Waals surface area contributed by atoms with Gasteiger partial charge in [-0.15, -0.1) is 0 Å². The summed E-state index contributed by atoms with van der Waals surface area (Å²) in [6.45, 7) is 18.5. The van der Waals surface area contributed by atoms with Gasteiger partial charge < -0.3 is 18.6 Å². The number of fused-ring (bicyclic) bond motifs is 12. The number of hydrogen-bond acceptors (Lipinski definition) is 2. The van der Waals surface area contributed by atoms with Gasteiger partial charge in [-0.2, -0.15) is 0 Å². The summed E-state index contributed by atoms with van der Waals surface area (Å²) < 4.78 is 5.25. The van der Waals surface area contributed by atoms with E-state index in [1.807, 2.05) is 0 Å². The Balaban J connectivity index is 1.03. The smallest absolute Gasteiger partial charge is 0.0775 e. The molecule has 0 atom stereocenters. The largest absolute Gasteiger partial charge is 0.310 e. The molecule has 11 aromatic carbocycles. The first-order chi connectivity index (χ1) is 39.4. The Morgan fingerprint density at radius 1 is 0.333 bits per heavy atom. The van der Waals surface area contributed by atoms with Crippen molar-refractivity contribution in [3.63, 3.8) is 0 Å². The molecule has 0 saturated heterocycles. The van der Waals surface area contributed by atoms with Crippen LogP contribution in [0.15, 0.2) is 231 Å². The first-order valence-electron chi connectivity index (χ1n) is 28.9. The van der Waals surface area contributed by atoms with Gasteiger partial charge in [0.2, 0.25) is 0 Å². The SMILES string of the molecule is Cc1ccc(N(c2ccc(C(C)C)cc2)c2ccc3c(c2)c2cccc4c5c(-c6ccccc6)c6c(c(-c7ccccc7)c5n3c24)c2cccc3c4cc(N(c5ccc(C(C)C)cc5)c5ccc([Si](C)(C)C)cc5)ccc4n6c32)cc1. The molecule has 0 radical (unpaired) electrons. The molecule has 15 rings (SSSR count). The lowest BCUT2D eigenvalue weighted by atomic mass is 9.89. The van der Waals surface area contributed by atoms with E-state index in [9.17, 15) is 0 Å². The van der Waals surface area contributed by atoms with Gasteiger partial charge in [0.05, 0.1) is 41.2 Å². The Morgan fingerprint density at radius 3 is 1.07 bits per heavy atom. The fourth-order valence-corrected chi connectivity index (χ4v) is 14.6. The second-order valence-corrected chi connectivity index (χ2v) is 29.3. The van der Waals surface area contributed by atoms with Gasteiger partial charge in [0.1, 0.15) is 0 Å². The van der Waals surface area contributed by atoms with Crippen LogP contribution in [-0.2, 0) is 0 Å². The summed E-state index contributed by atoms with van der Waals surface area (Å²) in [6.07, 6.45) is 0. The number of para-hydroxylation sites is 2. The number of aryl methyl sites for hydroxylation is 1. The van der Waals surface area contributed by atoms with Crippen LogP contribution in [0.25, 0.3) is 98.4 Å². The van der Waals surface area contributed by atoms with E-state index in [0.29, 0.717) is 11.8 Å². The number of hydrogen-bond donors (Lipinski definition) is 0. The Bertz CT molecular complexity index is 4870. The van der Waals surface area contributed by atoms with E-state index in [1.54, 1.807) is 0 Å². The molecule has 0 N–H and O–H groups in total. The molecule has 81 heavy (non-hydrogen) atoms. The number of aromatic nitrogens is 2. The summed E-state index contributed by atoms with van der Waals surface area (Å²) in [5, 5.41) is 11.5. The van der Waals surface area contributed by atoms with Crippen LogP contribution in [-0.4, -0.2) is 16.9 Å². The van der Waals surface area contributed by atoms with Gasteiger partial charge in [0, 0.05) is 88.3 Å².